The zero-order valence-electron chi connectivity index (χ0n) is 21.2. The van der Waals surface area contributed by atoms with E-state index in [4.69, 9.17) is 9.47 Å². The average Bonchev–Trinajstić information content (AvgIpc) is 2.69. The molecule has 0 saturated heterocycles. The van der Waals surface area contributed by atoms with Gasteiger partial charge in [0.15, 0.2) is 17.3 Å². The van der Waals surface area contributed by atoms with E-state index in [1.807, 2.05) is 13.8 Å². The van der Waals surface area contributed by atoms with Crippen molar-refractivity contribution in [1.29, 1.82) is 0 Å². The lowest BCUT2D eigenvalue weighted by Crippen LogP contribution is -2.51. The van der Waals surface area contributed by atoms with Gasteiger partial charge in [-0.25, -0.2) is 0 Å². The van der Waals surface area contributed by atoms with Gasteiger partial charge in [-0.15, -0.1) is 0 Å². The molecule has 2 aliphatic rings. The summed E-state index contributed by atoms with van der Waals surface area (Å²) in [6, 6.07) is 1.42. The van der Waals surface area contributed by atoms with Crippen LogP contribution < -0.4 is 9.47 Å². The van der Waals surface area contributed by atoms with Gasteiger partial charge in [0, 0.05) is 29.5 Å². The number of carbonyl (C=O) groups is 3. The Bertz CT molecular complexity index is 1050. The fraction of sp³-hybridized carbons (Fsp3) is 0.593. The maximum absolute atomic E-state index is 13.7. The highest BCUT2D eigenvalue weighted by Crippen LogP contribution is 2.57. The lowest BCUT2D eigenvalue weighted by atomic mass is 9.59. The minimum absolute atomic E-state index is 0.0993. The van der Waals surface area contributed by atoms with Crippen LogP contribution in [-0.4, -0.2) is 29.6 Å². The molecule has 1 atom stereocenters. The van der Waals surface area contributed by atoms with Gasteiger partial charge in [0.1, 0.15) is 28.6 Å². The number of rotatable bonds is 6. The Balaban J connectivity index is 2.36. The van der Waals surface area contributed by atoms with Gasteiger partial charge in [-0.3, -0.25) is 14.4 Å². The molecular formula is C27H36O6. The van der Waals surface area contributed by atoms with Crippen LogP contribution in [0.5, 0.6) is 17.2 Å². The minimum atomic E-state index is -1.20. The molecule has 1 aliphatic heterocycles. The molecule has 0 spiro atoms. The van der Waals surface area contributed by atoms with Gasteiger partial charge in [-0.05, 0) is 46.0 Å². The molecule has 0 aromatic heterocycles. The van der Waals surface area contributed by atoms with Crippen LogP contribution in [0.4, 0.5) is 0 Å². The summed E-state index contributed by atoms with van der Waals surface area (Å²) < 4.78 is 11.9. The predicted octanol–water partition coefficient (Wildman–Crippen LogP) is 5.61. The molecule has 0 amide bonds. The van der Waals surface area contributed by atoms with Gasteiger partial charge in [0.05, 0.1) is 17.9 Å². The van der Waals surface area contributed by atoms with E-state index < -0.39 is 16.7 Å². The van der Waals surface area contributed by atoms with Crippen LogP contribution in [-0.2, 0) is 9.59 Å². The first-order chi connectivity index (χ1) is 15.2. The van der Waals surface area contributed by atoms with E-state index in [1.54, 1.807) is 27.7 Å². The normalized spacial score (nSPS) is 21.1. The summed E-state index contributed by atoms with van der Waals surface area (Å²) in [7, 11) is 1.46. The number of phenols is 1. The van der Waals surface area contributed by atoms with Crippen molar-refractivity contribution < 1.29 is 29.0 Å². The number of hydrogen-bond acceptors (Lipinski definition) is 6. The first kappa shape index (κ1) is 25.0. The highest BCUT2D eigenvalue weighted by atomic mass is 16.5. The number of phenolic OH excluding ortho intramolecular Hbond substituents is 1. The Morgan fingerprint density at radius 1 is 1.09 bits per heavy atom. The zero-order valence-corrected chi connectivity index (χ0v) is 21.2. The highest BCUT2D eigenvalue weighted by Gasteiger charge is 2.57. The molecular weight excluding hydrogens is 420 g/mol. The van der Waals surface area contributed by atoms with Crippen molar-refractivity contribution >= 4 is 17.3 Å². The molecule has 180 valence electrons. The Morgan fingerprint density at radius 3 is 2.21 bits per heavy atom. The number of fused-ring (bicyclic) bond motifs is 1. The Labute approximate surface area is 196 Å². The summed E-state index contributed by atoms with van der Waals surface area (Å²) in [5.74, 6) is -0.139. The van der Waals surface area contributed by atoms with Crippen LogP contribution in [0.2, 0.25) is 0 Å². The largest absolute Gasteiger partial charge is 0.507 e. The summed E-state index contributed by atoms with van der Waals surface area (Å²) in [5, 5.41) is 10.8. The number of allylic oxidation sites excluding steroid dienone is 2. The minimum Gasteiger partial charge on any atom is -0.507 e. The molecule has 0 fully saturated rings. The van der Waals surface area contributed by atoms with E-state index in [-0.39, 0.29) is 52.7 Å². The number of hydrogen-bond donors (Lipinski definition) is 1. The number of Topliss-reactive ketones (excluding diaryl/α,β-unsaturated/α-hetero) is 3. The molecule has 3 rings (SSSR count). The third-order valence-corrected chi connectivity index (χ3v) is 6.71. The molecule has 1 N–H and O–H groups in total. The molecule has 0 radical (unpaired) electrons. The highest BCUT2D eigenvalue weighted by molar-refractivity contribution is 6.20. The first-order valence-electron chi connectivity index (χ1n) is 11.6. The second kappa shape index (κ2) is 8.30. The molecule has 6 nitrogen and oxygen atoms in total. The van der Waals surface area contributed by atoms with Crippen molar-refractivity contribution in [2.45, 2.75) is 74.1 Å². The molecule has 6 heteroatoms. The SMILES string of the molecule is COc1c(C(=O)CC(C)C)c(O)cc2c1C(CC(C)C)C1=C(O2)C(C)(C)C(=O)C(C)(C)C1=O. The Kier molecular flexibility index (Phi) is 6.29. The molecule has 33 heavy (non-hydrogen) atoms. The van der Waals surface area contributed by atoms with Crippen LogP contribution in [0.1, 0.15) is 90.1 Å². The summed E-state index contributed by atoms with van der Waals surface area (Å²) in [6.45, 7) is 14.9. The second-order valence-corrected chi connectivity index (χ2v) is 11.2. The monoisotopic (exact) mass is 456 g/mol. The zero-order chi connectivity index (χ0) is 25.0. The van der Waals surface area contributed by atoms with Crippen LogP contribution in [0.15, 0.2) is 17.4 Å². The smallest absolute Gasteiger partial charge is 0.175 e. The third-order valence-electron chi connectivity index (χ3n) is 6.71. The maximum Gasteiger partial charge on any atom is 0.175 e. The Morgan fingerprint density at radius 2 is 1.70 bits per heavy atom. The van der Waals surface area contributed by atoms with Crippen molar-refractivity contribution in [1.82, 2.24) is 0 Å². The lowest BCUT2D eigenvalue weighted by Gasteiger charge is -2.45. The van der Waals surface area contributed by atoms with Crippen molar-refractivity contribution in [3.05, 3.63) is 28.5 Å². The van der Waals surface area contributed by atoms with Crippen LogP contribution in [0.25, 0.3) is 0 Å². The van der Waals surface area contributed by atoms with Gasteiger partial charge in [-0.1, -0.05) is 27.7 Å². The van der Waals surface area contributed by atoms with E-state index in [0.717, 1.165) is 0 Å². The van der Waals surface area contributed by atoms with E-state index in [9.17, 15) is 19.5 Å². The van der Waals surface area contributed by atoms with Crippen molar-refractivity contribution in [2.24, 2.45) is 22.7 Å². The van der Waals surface area contributed by atoms with Gasteiger partial charge in [-0.2, -0.15) is 0 Å². The lowest BCUT2D eigenvalue weighted by molar-refractivity contribution is -0.144. The van der Waals surface area contributed by atoms with Gasteiger partial charge in [0.25, 0.3) is 0 Å². The number of ketones is 3. The predicted molar refractivity (Wildman–Crippen MR) is 126 cm³/mol. The standard InChI is InChI=1S/C27H36O6/c1-13(2)10-15-19-18(12-17(29)21(22(19)32-9)16(28)11-14(3)4)33-24-20(15)23(30)26(5,6)25(31)27(24,7)8/h12-15,29H,10-11H2,1-9H3. The number of methoxy groups -OCH3 is 1. The first-order valence-corrected chi connectivity index (χ1v) is 11.6. The summed E-state index contributed by atoms with van der Waals surface area (Å²) in [5.41, 5.74) is -1.04. The van der Waals surface area contributed by atoms with Gasteiger partial charge >= 0.3 is 0 Å². The molecule has 1 aromatic rings. The molecule has 1 aliphatic carbocycles. The summed E-state index contributed by atoms with van der Waals surface area (Å²) >= 11 is 0. The van der Waals surface area contributed by atoms with Crippen molar-refractivity contribution in [3.8, 4) is 17.2 Å². The van der Waals surface area contributed by atoms with Crippen molar-refractivity contribution in [3.63, 3.8) is 0 Å². The fourth-order valence-electron chi connectivity index (χ4n) is 5.23. The Hall–Kier alpha value is -2.63. The summed E-state index contributed by atoms with van der Waals surface area (Å²) in [4.78, 5) is 40.0. The molecule has 1 heterocycles. The van der Waals surface area contributed by atoms with E-state index in [1.165, 1.54) is 13.2 Å². The number of benzene rings is 1. The quantitative estimate of drug-likeness (QED) is 0.442. The number of ether oxygens (including phenoxy) is 2. The van der Waals surface area contributed by atoms with Crippen LogP contribution in [0.3, 0.4) is 0 Å². The summed E-state index contributed by atoms with van der Waals surface area (Å²) in [6.07, 6.45) is 0.847. The van der Waals surface area contributed by atoms with Crippen molar-refractivity contribution in [2.75, 3.05) is 7.11 Å². The van der Waals surface area contributed by atoms with E-state index >= 15 is 0 Å². The van der Waals surface area contributed by atoms with Gasteiger partial charge < -0.3 is 14.6 Å². The van der Waals surface area contributed by atoms with Crippen LogP contribution >= 0.6 is 0 Å². The molecule has 1 unspecified atom stereocenters. The second-order valence-electron chi connectivity index (χ2n) is 11.2. The fourth-order valence-corrected chi connectivity index (χ4v) is 5.23. The number of carbonyl (C=O) groups excluding carboxylic acids is 3. The maximum atomic E-state index is 13.7. The van der Waals surface area contributed by atoms with E-state index in [0.29, 0.717) is 29.1 Å². The van der Waals surface area contributed by atoms with E-state index in [2.05, 4.69) is 13.8 Å². The molecule has 0 saturated carbocycles. The molecule has 0 bridgehead atoms. The van der Waals surface area contributed by atoms with Crippen LogP contribution in [0, 0.1) is 22.7 Å². The topological polar surface area (TPSA) is 89.9 Å². The third kappa shape index (κ3) is 3.87. The van der Waals surface area contributed by atoms with Gasteiger partial charge in [0.2, 0.25) is 0 Å². The average molecular weight is 457 g/mol. The number of aromatic hydroxyl groups is 1. The molecule has 1 aromatic carbocycles.